The number of ether oxygens (including phenoxy) is 1. The number of carbonyl (C=O) groups is 2. The Morgan fingerprint density at radius 2 is 2.00 bits per heavy atom. The fourth-order valence-corrected chi connectivity index (χ4v) is 2.71. The Morgan fingerprint density at radius 3 is 2.71 bits per heavy atom. The predicted octanol–water partition coefficient (Wildman–Crippen LogP) is 2.30. The molecule has 0 saturated heterocycles. The standard InChI is InChI=1S/C14H15N3O3S/c1-8(12(18)17-14(19)20-3)21-13-10-6-4-5-7-11(10)15-9(2)16-13/h4-8H,1-3H3,(H,17,18,19)/t8-/m0/s1. The highest BCUT2D eigenvalue weighted by atomic mass is 32.2. The van der Waals surface area contributed by atoms with E-state index in [4.69, 9.17) is 0 Å². The molecule has 0 aliphatic carbocycles. The van der Waals surface area contributed by atoms with Gasteiger partial charge in [-0.25, -0.2) is 14.8 Å². The first-order chi connectivity index (χ1) is 10.0. The van der Waals surface area contributed by atoms with Crippen LogP contribution in [0.2, 0.25) is 0 Å². The van der Waals surface area contributed by atoms with Crippen molar-refractivity contribution in [2.45, 2.75) is 24.1 Å². The van der Waals surface area contributed by atoms with E-state index >= 15 is 0 Å². The summed E-state index contributed by atoms with van der Waals surface area (Å²) in [5.41, 5.74) is 0.827. The Balaban J connectivity index is 2.23. The van der Waals surface area contributed by atoms with Crippen molar-refractivity contribution in [3.63, 3.8) is 0 Å². The van der Waals surface area contributed by atoms with E-state index in [-0.39, 0.29) is 0 Å². The molecule has 0 radical (unpaired) electrons. The Hall–Kier alpha value is -2.15. The van der Waals surface area contributed by atoms with Crippen molar-refractivity contribution in [2.75, 3.05) is 7.11 Å². The third-order valence-electron chi connectivity index (χ3n) is 2.75. The van der Waals surface area contributed by atoms with Crippen LogP contribution >= 0.6 is 11.8 Å². The molecule has 110 valence electrons. The normalized spacial score (nSPS) is 12.0. The Labute approximate surface area is 126 Å². The molecule has 0 aliphatic heterocycles. The third-order valence-corrected chi connectivity index (χ3v) is 3.85. The number of imide groups is 1. The highest BCUT2D eigenvalue weighted by molar-refractivity contribution is 8.00. The number of thioether (sulfide) groups is 1. The lowest BCUT2D eigenvalue weighted by Gasteiger charge is -2.12. The molecule has 6 nitrogen and oxygen atoms in total. The minimum atomic E-state index is -0.767. The van der Waals surface area contributed by atoms with E-state index < -0.39 is 17.3 Å². The van der Waals surface area contributed by atoms with Gasteiger partial charge < -0.3 is 4.74 Å². The molecule has 0 saturated carbocycles. The van der Waals surface area contributed by atoms with Crippen molar-refractivity contribution in [1.82, 2.24) is 15.3 Å². The Morgan fingerprint density at radius 1 is 1.29 bits per heavy atom. The first kappa shape index (κ1) is 15.2. The maximum atomic E-state index is 11.9. The lowest BCUT2D eigenvalue weighted by atomic mass is 10.2. The van der Waals surface area contributed by atoms with E-state index in [0.717, 1.165) is 10.9 Å². The SMILES string of the molecule is COC(=O)NC(=O)[C@H](C)Sc1nc(C)nc2ccccc12. The summed E-state index contributed by atoms with van der Waals surface area (Å²) in [6.45, 7) is 3.50. The predicted molar refractivity (Wildman–Crippen MR) is 80.1 cm³/mol. The average Bonchev–Trinajstić information content (AvgIpc) is 2.46. The number of nitrogens with zero attached hydrogens (tertiary/aromatic N) is 2. The second-order valence-electron chi connectivity index (χ2n) is 4.33. The molecule has 0 aliphatic rings. The van der Waals surface area contributed by atoms with Crippen LogP contribution in [0.15, 0.2) is 29.3 Å². The molecule has 2 rings (SSSR count). The summed E-state index contributed by atoms with van der Waals surface area (Å²) < 4.78 is 4.40. The first-order valence-electron chi connectivity index (χ1n) is 6.30. The quantitative estimate of drug-likeness (QED) is 0.692. The van der Waals surface area contributed by atoms with E-state index in [1.807, 2.05) is 24.3 Å². The molecule has 2 amide bonds. The van der Waals surface area contributed by atoms with Crippen molar-refractivity contribution < 1.29 is 14.3 Å². The largest absolute Gasteiger partial charge is 0.453 e. The van der Waals surface area contributed by atoms with Gasteiger partial charge in [-0.1, -0.05) is 30.0 Å². The van der Waals surface area contributed by atoms with Gasteiger partial charge in [0.15, 0.2) is 0 Å². The van der Waals surface area contributed by atoms with Crippen molar-refractivity contribution in [3.05, 3.63) is 30.1 Å². The van der Waals surface area contributed by atoms with Crippen LogP contribution in [-0.2, 0) is 9.53 Å². The second kappa shape index (κ2) is 6.53. The summed E-state index contributed by atoms with van der Waals surface area (Å²) in [7, 11) is 1.21. The number of hydrogen-bond donors (Lipinski definition) is 1. The molecule has 0 bridgehead atoms. The number of methoxy groups -OCH3 is 1. The number of nitrogens with one attached hydrogen (secondary N) is 1. The number of carbonyl (C=O) groups excluding carboxylic acids is 2. The monoisotopic (exact) mass is 305 g/mol. The van der Waals surface area contributed by atoms with Gasteiger partial charge in [0.1, 0.15) is 10.9 Å². The smallest absolute Gasteiger partial charge is 0.413 e. The molecule has 0 fully saturated rings. The van der Waals surface area contributed by atoms with Gasteiger partial charge in [-0.2, -0.15) is 0 Å². The number of amides is 2. The van der Waals surface area contributed by atoms with Gasteiger partial charge in [-0.15, -0.1) is 0 Å². The van der Waals surface area contributed by atoms with Crippen LogP contribution in [0.5, 0.6) is 0 Å². The van der Waals surface area contributed by atoms with Crippen LogP contribution in [-0.4, -0.2) is 34.3 Å². The Bertz CT molecular complexity index is 690. The minimum Gasteiger partial charge on any atom is -0.453 e. The molecule has 1 N–H and O–H groups in total. The zero-order valence-corrected chi connectivity index (χ0v) is 12.7. The lowest BCUT2D eigenvalue weighted by Crippen LogP contribution is -2.35. The fourth-order valence-electron chi connectivity index (χ4n) is 1.72. The van der Waals surface area contributed by atoms with Crippen LogP contribution in [0.3, 0.4) is 0 Å². The van der Waals surface area contributed by atoms with Crippen molar-refractivity contribution >= 4 is 34.7 Å². The molecule has 1 aromatic carbocycles. The van der Waals surface area contributed by atoms with Gasteiger partial charge in [-0.3, -0.25) is 10.1 Å². The fraction of sp³-hybridized carbons (Fsp3) is 0.286. The summed E-state index contributed by atoms with van der Waals surface area (Å²) in [6.07, 6.45) is -0.767. The van der Waals surface area contributed by atoms with Gasteiger partial charge in [0.05, 0.1) is 17.9 Å². The van der Waals surface area contributed by atoms with Crippen LogP contribution < -0.4 is 5.32 Å². The Kier molecular flexibility index (Phi) is 4.74. The van der Waals surface area contributed by atoms with Crippen molar-refractivity contribution in [3.8, 4) is 0 Å². The minimum absolute atomic E-state index is 0.424. The number of hydrogen-bond acceptors (Lipinski definition) is 6. The van der Waals surface area contributed by atoms with E-state index in [1.165, 1.54) is 18.9 Å². The van der Waals surface area contributed by atoms with E-state index in [2.05, 4.69) is 20.0 Å². The number of alkyl carbamates (subject to hydrolysis) is 1. The summed E-state index contributed by atoms with van der Waals surface area (Å²) >= 11 is 1.28. The number of aryl methyl sites for hydroxylation is 1. The molecule has 0 spiro atoms. The molecule has 21 heavy (non-hydrogen) atoms. The van der Waals surface area contributed by atoms with Gasteiger partial charge in [0, 0.05) is 5.39 Å². The molecule has 1 atom stereocenters. The molecule has 1 aromatic heterocycles. The highest BCUT2D eigenvalue weighted by Crippen LogP contribution is 2.28. The van der Waals surface area contributed by atoms with Crippen LogP contribution in [0.1, 0.15) is 12.7 Å². The van der Waals surface area contributed by atoms with Crippen molar-refractivity contribution in [1.29, 1.82) is 0 Å². The first-order valence-corrected chi connectivity index (χ1v) is 7.18. The van der Waals surface area contributed by atoms with Gasteiger partial charge in [0.2, 0.25) is 5.91 Å². The van der Waals surface area contributed by atoms with Crippen molar-refractivity contribution in [2.24, 2.45) is 0 Å². The van der Waals surface area contributed by atoms with Crippen LogP contribution in [0.25, 0.3) is 10.9 Å². The summed E-state index contributed by atoms with van der Waals surface area (Å²) in [6, 6.07) is 7.59. The number of rotatable bonds is 3. The van der Waals surface area contributed by atoms with Gasteiger partial charge in [-0.05, 0) is 19.9 Å². The number of benzene rings is 1. The molecular formula is C14H15N3O3S. The molecule has 1 heterocycles. The molecular weight excluding hydrogens is 290 g/mol. The van der Waals surface area contributed by atoms with Crippen LogP contribution in [0, 0.1) is 6.92 Å². The maximum absolute atomic E-state index is 11.9. The summed E-state index contributed by atoms with van der Waals surface area (Å²) in [5.74, 6) is 0.212. The van der Waals surface area contributed by atoms with E-state index in [1.54, 1.807) is 13.8 Å². The lowest BCUT2D eigenvalue weighted by molar-refractivity contribution is -0.119. The van der Waals surface area contributed by atoms with Crippen LogP contribution in [0.4, 0.5) is 4.79 Å². The highest BCUT2D eigenvalue weighted by Gasteiger charge is 2.19. The molecule has 2 aromatic rings. The zero-order valence-electron chi connectivity index (χ0n) is 11.9. The number of fused-ring (bicyclic) bond motifs is 1. The van der Waals surface area contributed by atoms with Gasteiger partial charge >= 0.3 is 6.09 Å². The molecule has 7 heteroatoms. The summed E-state index contributed by atoms with van der Waals surface area (Å²) in [5, 5.41) is 3.26. The van der Waals surface area contributed by atoms with E-state index in [9.17, 15) is 9.59 Å². The average molecular weight is 305 g/mol. The number of para-hydroxylation sites is 1. The van der Waals surface area contributed by atoms with Gasteiger partial charge in [0.25, 0.3) is 0 Å². The number of aromatic nitrogens is 2. The molecule has 0 unspecified atom stereocenters. The third kappa shape index (κ3) is 3.69. The van der Waals surface area contributed by atoms with E-state index in [0.29, 0.717) is 10.9 Å². The summed E-state index contributed by atoms with van der Waals surface area (Å²) in [4.78, 5) is 31.6. The topological polar surface area (TPSA) is 81.2 Å². The maximum Gasteiger partial charge on any atom is 0.413 e. The second-order valence-corrected chi connectivity index (χ2v) is 5.66. The zero-order chi connectivity index (χ0) is 15.4.